The minimum Gasteiger partial charge on any atom is -0.367 e. The average molecular weight is 290 g/mol. The van der Waals surface area contributed by atoms with E-state index in [0.717, 1.165) is 37.4 Å². The SMILES string of the molecule is CC(C)c1noc(N[C@H]2CCCN(c3cnn(C)c3)C2)n1. The summed E-state index contributed by atoms with van der Waals surface area (Å²) in [6.45, 7) is 6.09. The van der Waals surface area contributed by atoms with Crippen molar-refractivity contribution in [1.29, 1.82) is 0 Å². The van der Waals surface area contributed by atoms with Crippen LogP contribution in [0.2, 0.25) is 0 Å². The van der Waals surface area contributed by atoms with Gasteiger partial charge in [0.15, 0.2) is 5.82 Å². The zero-order chi connectivity index (χ0) is 14.8. The van der Waals surface area contributed by atoms with Crippen LogP contribution in [0.5, 0.6) is 0 Å². The molecular weight excluding hydrogens is 268 g/mol. The van der Waals surface area contributed by atoms with Crippen LogP contribution in [0.4, 0.5) is 11.7 Å². The van der Waals surface area contributed by atoms with Gasteiger partial charge in [-0.2, -0.15) is 10.1 Å². The summed E-state index contributed by atoms with van der Waals surface area (Å²) in [6, 6.07) is 0.844. The van der Waals surface area contributed by atoms with Gasteiger partial charge < -0.3 is 14.7 Å². The molecule has 0 amide bonds. The van der Waals surface area contributed by atoms with Crippen LogP contribution in [-0.2, 0) is 7.05 Å². The van der Waals surface area contributed by atoms with Crippen LogP contribution >= 0.6 is 0 Å². The Bertz CT molecular complexity index is 590. The highest BCUT2D eigenvalue weighted by Crippen LogP contribution is 2.21. The molecular formula is C14H22N6O. The third kappa shape index (κ3) is 3.17. The maximum atomic E-state index is 5.27. The van der Waals surface area contributed by atoms with Crippen molar-refractivity contribution in [2.24, 2.45) is 7.05 Å². The van der Waals surface area contributed by atoms with Crippen LogP contribution in [-0.4, -0.2) is 39.1 Å². The molecule has 114 valence electrons. The van der Waals surface area contributed by atoms with Gasteiger partial charge in [0.2, 0.25) is 0 Å². The fraction of sp³-hybridized carbons (Fsp3) is 0.643. The van der Waals surface area contributed by atoms with E-state index in [2.05, 4.69) is 39.3 Å². The second-order valence-electron chi connectivity index (χ2n) is 5.91. The van der Waals surface area contributed by atoms with Crippen molar-refractivity contribution in [2.75, 3.05) is 23.3 Å². The zero-order valence-corrected chi connectivity index (χ0v) is 12.8. The van der Waals surface area contributed by atoms with Gasteiger partial charge in [-0.05, 0) is 12.8 Å². The van der Waals surface area contributed by atoms with Gasteiger partial charge in [-0.1, -0.05) is 19.0 Å². The maximum absolute atomic E-state index is 5.27. The molecule has 3 rings (SSSR count). The van der Waals surface area contributed by atoms with E-state index in [1.807, 2.05) is 24.1 Å². The third-order valence-electron chi connectivity index (χ3n) is 3.76. The molecule has 0 unspecified atom stereocenters. The quantitative estimate of drug-likeness (QED) is 0.928. The topological polar surface area (TPSA) is 72.0 Å². The summed E-state index contributed by atoms with van der Waals surface area (Å²) in [5.74, 6) is 1.03. The first-order valence-corrected chi connectivity index (χ1v) is 7.45. The second-order valence-corrected chi connectivity index (χ2v) is 5.91. The molecule has 1 N–H and O–H groups in total. The van der Waals surface area contributed by atoms with E-state index in [9.17, 15) is 0 Å². The number of hydrogen-bond donors (Lipinski definition) is 1. The number of nitrogens with one attached hydrogen (secondary N) is 1. The monoisotopic (exact) mass is 290 g/mol. The summed E-state index contributed by atoms with van der Waals surface area (Å²) < 4.78 is 7.10. The molecule has 2 aromatic heterocycles. The highest BCUT2D eigenvalue weighted by Gasteiger charge is 2.22. The number of piperidine rings is 1. The Morgan fingerprint density at radius 2 is 2.29 bits per heavy atom. The van der Waals surface area contributed by atoms with Gasteiger partial charge >= 0.3 is 6.01 Å². The highest BCUT2D eigenvalue weighted by atomic mass is 16.5. The molecule has 0 aromatic carbocycles. The predicted molar refractivity (Wildman–Crippen MR) is 80.5 cm³/mol. The maximum Gasteiger partial charge on any atom is 0.321 e. The molecule has 0 aliphatic carbocycles. The smallest absolute Gasteiger partial charge is 0.321 e. The van der Waals surface area contributed by atoms with Crippen molar-refractivity contribution in [2.45, 2.75) is 38.6 Å². The summed E-state index contributed by atoms with van der Waals surface area (Å²) in [7, 11) is 1.94. The average Bonchev–Trinajstić information content (AvgIpc) is 3.08. The fourth-order valence-electron chi connectivity index (χ4n) is 2.60. The standard InChI is InChI=1S/C14H22N6O/c1-10(2)13-17-14(21-18-13)16-11-5-4-6-20(8-11)12-7-15-19(3)9-12/h7,9-11H,4-6,8H2,1-3H3,(H,16,17,18)/t11-/m0/s1. The molecule has 0 radical (unpaired) electrons. The first-order valence-electron chi connectivity index (χ1n) is 7.45. The summed E-state index contributed by atoms with van der Waals surface area (Å²) >= 11 is 0. The molecule has 1 fully saturated rings. The lowest BCUT2D eigenvalue weighted by Crippen LogP contribution is -2.42. The molecule has 0 saturated carbocycles. The summed E-state index contributed by atoms with van der Waals surface area (Å²) in [4.78, 5) is 6.72. The van der Waals surface area contributed by atoms with E-state index >= 15 is 0 Å². The van der Waals surface area contributed by atoms with Gasteiger partial charge in [0, 0.05) is 38.3 Å². The van der Waals surface area contributed by atoms with Crippen LogP contribution < -0.4 is 10.2 Å². The minimum absolute atomic E-state index is 0.280. The van der Waals surface area contributed by atoms with Crippen molar-refractivity contribution in [3.05, 3.63) is 18.2 Å². The Kier molecular flexibility index (Phi) is 3.81. The van der Waals surface area contributed by atoms with E-state index < -0.39 is 0 Å². The fourth-order valence-corrected chi connectivity index (χ4v) is 2.60. The van der Waals surface area contributed by atoms with E-state index in [1.165, 1.54) is 0 Å². The number of aryl methyl sites for hydroxylation is 1. The Morgan fingerprint density at radius 1 is 1.43 bits per heavy atom. The molecule has 0 spiro atoms. The number of anilines is 2. The van der Waals surface area contributed by atoms with Crippen molar-refractivity contribution in [3.63, 3.8) is 0 Å². The van der Waals surface area contributed by atoms with E-state index in [0.29, 0.717) is 12.1 Å². The molecule has 7 heteroatoms. The summed E-state index contributed by atoms with van der Waals surface area (Å²) in [6.07, 6.45) is 6.20. The first-order chi connectivity index (χ1) is 10.1. The summed E-state index contributed by atoms with van der Waals surface area (Å²) in [5.41, 5.74) is 1.16. The van der Waals surface area contributed by atoms with Crippen LogP contribution in [0.25, 0.3) is 0 Å². The second kappa shape index (κ2) is 5.75. The van der Waals surface area contributed by atoms with Crippen LogP contribution in [0.3, 0.4) is 0 Å². The van der Waals surface area contributed by atoms with Gasteiger partial charge in [-0.3, -0.25) is 4.68 Å². The molecule has 1 saturated heterocycles. The predicted octanol–water partition coefficient (Wildman–Crippen LogP) is 2.01. The van der Waals surface area contributed by atoms with E-state index in [4.69, 9.17) is 4.52 Å². The number of hydrogen-bond acceptors (Lipinski definition) is 6. The third-order valence-corrected chi connectivity index (χ3v) is 3.76. The van der Waals surface area contributed by atoms with Gasteiger partial charge in [0.25, 0.3) is 0 Å². The minimum atomic E-state index is 0.280. The van der Waals surface area contributed by atoms with Crippen molar-refractivity contribution < 1.29 is 4.52 Å². The molecule has 2 aromatic rings. The zero-order valence-electron chi connectivity index (χ0n) is 12.8. The van der Waals surface area contributed by atoms with Gasteiger partial charge in [0.05, 0.1) is 11.9 Å². The molecule has 1 aliphatic heterocycles. The molecule has 7 nitrogen and oxygen atoms in total. The molecule has 21 heavy (non-hydrogen) atoms. The Labute approximate surface area is 124 Å². The lowest BCUT2D eigenvalue weighted by Gasteiger charge is -2.33. The number of nitrogens with zero attached hydrogens (tertiary/aromatic N) is 5. The van der Waals surface area contributed by atoms with E-state index in [-0.39, 0.29) is 5.92 Å². The molecule has 3 heterocycles. The van der Waals surface area contributed by atoms with Gasteiger partial charge in [0.1, 0.15) is 0 Å². The Balaban J connectivity index is 1.63. The lowest BCUT2D eigenvalue weighted by molar-refractivity contribution is 0.409. The van der Waals surface area contributed by atoms with Crippen LogP contribution in [0.1, 0.15) is 38.4 Å². The normalized spacial score (nSPS) is 19.2. The van der Waals surface area contributed by atoms with Crippen LogP contribution in [0.15, 0.2) is 16.9 Å². The Hall–Kier alpha value is -2.05. The highest BCUT2D eigenvalue weighted by molar-refractivity contribution is 5.43. The van der Waals surface area contributed by atoms with Crippen molar-refractivity contribution in [1.82, 2.24) is 19.9 Å². The summed E-state index contributed by atoms with van der Waals surface area (Å²) in [5, 5.41) is 11.6. The van der Waals surface area contributed by atoms with Crippen LogP contribution in [0, 0.1) is 0 Å². The molecule has 0 bridgehead atoms. The van der Waals surface area contributed by atoms with Gasteiger partial charge in [-0.15, -0.1) is 0 Å². The van der Waals surface area contributed by atoms with Crippen molar-refractivity contribution in [3.8, 4) is 0 Å². The first kappa shape index (κ1) is 13.9. The van der Waals surface area contributed by atoms with E-state index in [1.54, 1.807) is 0 Å². The molecule has 1 atom stereocenters. The largest absolute Gasteiger partial charge is 0.367 e. The lowest BCUT2D eigenvalue weighted by atomic mass is 10.1. The Morgan fingerprint density at radius 3 is 2.95 bits per heavy atom. The number of aromatic nitrogens is 4. The number of rotatable bonds is 4. The van der Waals surface area contributed by atoms with Crippen molar-refractivity contribution >= 4 is 11.7 Å². The van der Waals surface area contributed by atoms with Gasteiger partial charge in [-0.25, -0.2) is 0 Å². The molecule has 1 aliphatic rings.